The van der Waals surface area contributed by atoms with Crippen molar-refractivity contribution in [1.29, 1.82) is 0 Å². The predicted molar refractivity (Wildman–Crippen MR) is 89.1 cm³/mol. The summed E-state index contributed by atoms with van der Waals surface area (Å²) in [6.45, 7) is 5.94. The molecule has 0 saturated heterocycles. The molecular weight excluding hydrogens is 315 g/mol. The molecule has 0 saturated carbocycles. The number of halogens is 3. The van der Waals surface area contributed by atoms with Crippen LogP contribution < -0.4 is 4.74 Å². The summed E-state index contributed by atoms with van der Waals surface area (Å²) in [6, 6.07) is 16.0. The summed E-state index contributed by atoms with van der Waals surface area (Å²) in [4.78, 5) is 4.44. The minimum atomic E-state index is -4.60. The van der Waals surface area contributed by atoms with E-state index in [1.807, 2.05) is 19.1 Å². The van der Waals surface area contributed by atoms with E-state index in [9.17, 15) is 13.2 Å². The lowest BCUT2D eigenvalue weighted by Gasteiger charge is -2.08. The SMILES string of the molecule is Cc1cc(C)c2ccccc2n1.Cc1ccc(OC(F)(F)F)cc1. The molecule has 126 valence electrons. The first-order chi connectivity index (χ1) is 11.2. The first-order valence-corrected chi connectivity index (χ1v) is 7.40. The van der Waals surface area contributed by atoms with Crippen LogP contribution in [0.5, 0.6) is 5.75 Å². The van der Waals surface area contributed by atoms with E-state index in [1.54, 1.807) is 19.1 Å². The number of fused-ring (bicyclic) bond motifs is 1. The first kappa shape index (κ1) is 17.8. The number of pyridine rings is 1. The molecule has 0 N–H and O–H groups in total. The van der Waals surface area contributed by atoms with Crippen LogP contribution in [0.1, 0.15) is 16.8 Å². The lowest BCUT2D eigenvalue weighted by molar-refractivity contribution is -0.274. The van der Waals surface area contributed by atoms with Crippen molar-refractivity contribution in [1.82, 2.24) is 4.98 Å². The Kier molecular flexibility index (Phi) is 5.44. The number of para-hydroxylation sites is 1. The van der Waals surface area contributed by atoms with Gasteiger partial charge < -0.3 is 4.74 Å². The minimum absolute atomic E-state index is 0.187. The quantitative estimate of drug-likeness (QED) is 0.566. The van der Waals surface area contributed by atoms with Crippen molar-refractivity contribution in [2.45, 2.75) is 27.1 Å². The minimum Gasteiger partial charge on any atom is -0.406 e. The second kappa shape index (κ2) is 7.34. The molecule has 2 aromatic carbocycles. The molecule has 3 aromatic rings. The van der Waals surface area contributed by atoms with E-state index in [-0.39, 0.29) is 5.75 Å². The Bertz CT molecular complexity index is 811. The summed E-state index contributed by atoms with van der Waals surface area (Å²) in [6.07, 6.45) is -4.60. The molecule has 2 nitrogen and oxygen atoms in total. The summed E-state index contributed by atoms with van der Waals surface area (Å²) < 4.78 is 38.5. The van der Waals surface area contributed by atoms with Crippen molar-refractivity contribution in [3.8, 4) is 5.75 Å². The molecule has 0 fully saturated rings. The molecule has 0 aliphatic carbocycles. The molecule has 1 heterocycles. The van der Waals surface area contributed by atoms with Crippen LogP contribution in [-0.4, -0.2) is 11.3 Å². The normalized spacial score (nSPS) is 10.9. The maximum absolute atomic E-state index is 11.6. The topological polar surface area (TPSA) is 22.1 Å². The molecule has 0 unspecified atom stereocenters. The fourth-order valence-electron chi connectivity index (χ4n) is 2.26. The van der Waals surface area contributed by atoms with E-state index in [1.165, 1.54) is 23.1 Å². The third-order valence-corrected chi connectivity index (χ3v) is 3.31. The fourth-order valence-corrected chi connectivity index (χ4v) is 2.26. The van der Waals surface area contributed by atoms with Crippen LogP contribution in [-0.2, 0) is 0 Å². The highest BCUT2D eigenvalue weighted by atomic mass is 19.4. The third kappa shape index (κ3) is 5.26. The number of aryl methyl sites for hydroxylation is 3. The van der Waals surface area contributed by atoms with Gasteiger partial charge in [0.15, 0.2) is 0 Å². The van der Waals surface area contributed by atoms with E-state index in [0.717, 1.165) is 16.8 Å². The number of alkyl halides is 3. The highest BCUT2D eigenvalue weighted by molar-refractivity contribution is 5.81. The van der Waals surface area contributed by atoms with Crippen LogP contribution in [0.25, 0.3) is 10.9 Å². The van der Waals surface area contributed by atoms with Gasteiger partial charge in [0.2, 0.25) is 0 Å². The van der Waals surface area contributed by atoms with Gasteiger partial charge in [0.05, 0.1) is 5.52 Å². The zero-order valence-corrected chi connectivity index (χ0v) is 13.7. The zero-order chi connectivity index (χ0) is 17.7. The largest absolute Gasteiger partial charge is 0.573 e. The smallest absolute Gasteiger partial charge is 0.406 e. The van der Waals surface area contributed by atoms with Gasteiger partial charge in [-0.05, 0) is 50.6 Å². The van der Waals surface area contributed by atoms with Crippen molar-refractivity contribution >= 4 is 10.9 Å². The molecule has 5 heteroatoms. The summed E-state index contributed by atoms with van der Waals surface area (Å²) in [5.41, 5.74) is 4.38. The maximum Gasteiger partial charge on any atom is 0.573 e. The van der Waals surface area contributed by atoms with Crippen LogP contribution in [0.2, 0.25) is 0 Å². The Morgan fingerprint density at radius 1 is 0.875 bits per heavy atom. The second-order valence-electron chi connectivity index (χ2n) is 5.46. The number of aromatic nitrogens is 1. The van der Waals surface area contributed by atoms with Gasteiger partial charge >= 0.3 is 6.36 Å². The molecule has 0 atom stereocenters. The average Bonchev–Trinajstić information content (AvgIpc) is 2.49. The number of hydrogen-bond acceptors (Lipinski definition) is 2. The van der Waals surface area contributed by atoms with Crippen LogP contribution in [0, 0.1) is 20.8 Å². The molecular formula is C19H18F3NO. The molecule has 0 aliphatic heterocycles. The van der Waals surface area contributed by atoms with E-state index in [4.69, 9.17) is 0 Å². The Morgan fingerprint density at radius 3 is 2.12 bits per heavy atom. The second-order valence-corrected chi connectivity index (χ2v) is 5.46. The van der Waals surface area contributed by atoms with Gasteiger partial charge in [0.1, 0.15) is 5.75 Å². The van der Waals surface area contributed by atoms with Gasteiger partial charge in [0, 0.05) is 11.1 Å². The van der Waals surface area contributed by atoms with Crippen molar-refractivity contribution in [3.63, 3.8) is 0 Å². The number of benzene rings is 2. The summed E-state index contributed by atoms with van der Waals surface area (Å²) in [5.74, 6) is -0.187. The third-order valence-electron chi connectivity index (χ3n) is 3.31. The molecule has 0 amide bonds. The van der Waals surface area contributed by atoms with Crippen LogP contribution in [0.15, 0.2) is 54.6 Å². The monoisotopic (exact) mass is 333 g/mol. The first-order valence-electron chi connectivity index (χ1n) is 7.40. The van der Waals surface area contributed by atoms with E-state index in [2.05, 4.69) is 34.8 Å². The van der Waals surface area contributed by atoms with E-state index >= 15 is 0 Å². The standard InChI is InChI=1S/C11H11N.C8H7F3O/c1-8-7-9(2)12-11-6-4-3-5-10(8)11;1-6-2-4-7(5-3-6)12-8(9,10)11/h3-7H,1-2H3;2-5H,1H3. The van der Waals surface area contributed by atoms with Crippen molar-refractivity contribution < 1.29 is 17.9 Å². The number of hydrogen-bond donors (Lipinski definition) is 0. The summed E-state index contributed by atoms with van der Waals surface area (Å²) in [7, 11) is 0. The lowest BCUT2D eigenvalue weighted by Crippen LogP contribution is -2.16. The molecule has 24 heavy (non-hydrogen) atoms. The van der Waals surface area contributed by atoms with Crippen LogP contribution in [0.4, 0.5) is 13.2 Å². The van der Waals surface area contributed by atoms with Gasteiger partial charge in [-0.3, -0.25) is 4.98 Å². The number of nitrogens with zero attached hydrogens (tertiary/aromatic N) is 1. The molecule has 0 aliphatic rings. The predicted octanol–water partition coefficient (Wildman–Crippen LogP) is 5.75. The summed E-state index contributed by atoms with van der Waals surface area (Å²) in [5, 5.41) is 1.25. The van der Waals surface area contributed by atoms with Gasteiger partial charge in [-0.15, -0.1) is 13.2 Å². The number of rotatable bonds is 1. The molecule has 0 spiro atoms. The Morgan fingerprint density at radius 2 is 1.50 bits per heavy atom. The Balaban J connectivity index is 0.000000174. The van der Waals surface area contributed by atoms with E-state index < -0.39 is 6.36 Å². The Hall–Kier alpha value is -2.56. The van der Waals surface area contributed by atoms with Crippen molar-refractivity contribution in [2.75, 3.05) is 0 Å². The lowest BCUT2D eigenvalue weighted by atomic mass is 10.1. The zero-order valence-electron chi connectivity index (χ0n) is 13.7. The van der Waals surface area contributed by atoms with Gasteiger partial charge in [-0.2, -0.15) is 0 Å². The summed E-state index contributed by atoms with van der Waals surface area (Å²) >= 11 is 0. The van der Waals surface area contributed by atoms with Gasteiger partial charge in [0.25, 0.3) is 0 Å². The maximum atomic E-state index is 11.6. The van der Waals surface area contributed by atoms with Crippen molar-refractivity contribution in [2.24, 2.45) is 0 Å². The van der Waals surface area contributed by atoms with Gasteiger partial charge in [-0.25, -0.2) is 0 Å². The van der Waals surface area contributed by atoms with E-state index in [0.29, 0.717) is 0 Å². The highest BCUT2D eigenvalue weighted by Crippen LogP contribution is 2.22. The van der Waals surface area contributed by atoms with Gasteiger partial charge in [-0.1, -0.05) is 35.9 Å². The Labute approximate surface area is 138 Å². The molecule has 3 rings (SSSR count). The van der Waals surface area contributed by atoms with Crippen LogP contribution in [0.3, 0.4) is 0 Å². The van der Waals surface area contributed by atoms with Crippen molar-refractivity contribution in [3.05, 3.63) is 71.4 Å². The fraction of sp³-hybridized carbons (Fsp3) is 0.211. The number of ether oxygens (including phenoxy) is 1. The van der Waals surface area contributed by atoms with Crippen LogP contribution >= 0.6 is 0 Å². The molecule has 0 bridgehead atoms. The highest BCUT2D eigenvalue weighted by Gasteiger charge is 2.30. The molecule has 0 radical (unpaired) electrons. The average molecular weight is 333 g/mol. The molecule has 1 aromatic heterocycles.